The molecule has 0 atom stereocenters. The van der Waals surface area contributed by atoms with Gasteiger partial charge in [-0.2, -0.15) is 22.7 Å². The molecule has 27 heavy (non-hydrogen) atoms. The minimum Gasteiger partial charge on any atom is -0.379 e. The number of nitrogens with one attached hydrogen (secondary N) is 2. The van der Waals surface area contributed by atoms with Crippen molar-refractivity contribution in [1.82, 2.24) is 19.6 Å². The van der Waals surface area contributed by atoms with Crippen LogP contribution >= 0.6 is 11.3 Å². The summed E-state index contributed by atoms with van der Waals surface area (Å²) >= 11 is 1.47. The topological polar surface area (TPSA) is 75.1 Å². The van der Waals surface area contributed by atoms with Crippen LogP contribution in [0.3, 0.4) is 0 Å². The quantitative estimate of drug-likeness (QED) is 0.555. The smallest absolute Gasteiger partial charge is 0.379 e. The molecule has 0 aliphatic carbocycles. The summed E-state index contributed by atoms with van der Waals surface area (Å²) in [6.45, 7) is 0.0915. The van der Waals surface area contributed by atoms with Gasteiger partial charge in [0.1, 0.15) is 0 Å². The summed E-state index contributed by atoms with van der Waals surface area (Å²) in [4.78, 5) is 21.7. The number of aromatic amines is 1. The van der Waals surface area contributed by atoms with Crippen molar-refractivity contribution in [2.75, 3.05) is 5.32 Å². The monoisotopic (exact) mass is 391 g/mol. The summed E-state index contributed by atoms with van der Waals surface area (Å²) in [7, 11) is 0. The molecule has 0 aliphatic heterocycles. The molecule has 3 heterocycles. The third-order valence-electron chi connectivity index (χ3n) is 3.80. The molecule has 6 nitrogen and oxygen atoms in total. The highest BCUT2D eigenvalue weighted by atomic mass is 32.1. The van der Waals surface area contributed by atoms with Crippen molar-refractivity contribution < 1.29 is 13.2 Å². The van der Waals surface area contributed by atoms with Gasteiger partial charge in [0, 0.05) is 11.8 Å². The van der Waals surface area contributed by atoms with Gasteiger partial charge in [-0.15, -0.1) is 11.3 Å². The largest absolute Gasteiger partial charge is 0.416 e. The van der Waals surface area contributed by atoms with Crippen LogP contribution in [0.4, 0.5) is 18.9 Å². The fourth-order valence-corrected chi connectivity index (χ4v) is 3.20. The maximum atomic E-state index is 12.8. The normalized spacial score (nSPS) is 11.8. The zero-order chi connectivity index (χ0) is 19.0. The van der Waals surface area contributed by atoms with E-state index in [0.717, 1.165) is 17.0 Å². The van der Waals surface area contributed by atoms with Crippen LogP contribution in [0.15, 0.2) is 52.6 Å². The van der Waals surface area contributed by atoms with E-state index in [0.29, 0.717) is 11.5 Å². The first-order valence-corrected chi connectivity index (χ1v) is 8.72. The highest BCUT2D eigenvalue weighted by Gasteiger charge is 2.30. The molecule has 0 saturated carbocycles. The number of anilines is 1. The lowest BCUT2D eigenvalue weighted by Gasteiger charge is -2.10. The van der Waals surface area contributed by atoms with E-state index in [1.165, 1.54) is 34.1 Å². The molecule has 0 spiro atoms. The molecular weight excluding hydrogens is 379 g/mol. The second-order valence-electron chi connectivity index (χ2n) is 5.70. The van der Waals surface area contributed by atoms with Crippen molar-refractivity contribution in [3.05, 3.63) is 69.5 Å². The second-order valence-corrected chi connectivity index (χ2v) is 6.65. The highest BCUT2D eigenvalue weighted by Crippen LogP contribution is 2.30. The third kappa shape index (κ3) is 3.56. The number of hydrogen-bond acceptors (Lipinski definition) is 5. The number of H-pyrrole nitrogens is 1. The maximum Gasteiger partial charge on any atom is 0.416 e. The summed E-state index contributed by atoms with van der Waals surface area (Å²) in [6.07, 6.45) is -4.42. The molecule has 138 valence electrons. The first kappa shape index (κ1) is 17.3. The Bertz CT molecular complexity index is 1150. The standard InChI is InChI=1S/C17H12F3N5OS/c18-17(19,20)10-3-1-4-11(7-10)21-9-12-8-14(26)25-16(22-12)23-15(24-25)13-5-2-6-27-13/h1-8,21H,9H2,(H,22,23,24). The van der Waals surface area contributed by atoms with E-state index in [9.17, 15) is 18.0 Å². The van der Waals surface area contributed by atoms with E-state index in [1.807, 2.05) is 17.5 Å². The lowest BCUT2D eigenvalue weighted by atomic mass is 10.2. The minimum atomic E-state index is -4.42. The molecule has 4 aromatic rings. The summed E-state index contributed by atoms with van der Waals surface area (Å²) < 4.78 is 39.6. The minimum absolute atomic E-state index is 0.0915. The van der Waals surface area contributed by atoms with Gasteiger partial charge in [0.05, 0.1) is 22.7 Å². The number of alkyl halides is 3. The lowest BCUT2D eigenvalue weighted by molar-refractivity contribution is -0.137. The molecule has 2 N–H and O–H groups in total. The maximum absolute atomic E-state index is 12.8. The predicted molar refractivity (Wildman–Crippen MR) is 95.7 cm³/mol. The Morgan fingerprint density at radius 3 is 2.74 bits per heavy atom. The van der Waals surface area contributed by atoms with Gasteiger partial charge in [0.25, 0.3) is 11.3 Å². The van der Waals surface area contributed by atoms with Crippen LogP contribution in [-0.2, 0) is 12.7 Å². The van der Waals surface area contributed by atoms with Gasteiger partial charge in [-0.3, -0.25) is 9.89 Å². The van der Waals surface area contributed by atoms with Crippen molar-refractivity contribution in [2.45, 2.75) is 12.7 Å². The molecule has 0 bridgehead atoms. The fraction of sp³-hybridized carbons (Fsp3) is 0.118. The number of halogens is 3. The lowest BCUT2D eigenvalue weighted by Crippen LogP contribution is -2.17. The average molecular weight is 391 g/mol. The van der Waals surface area contributed by atoms with Crippen molar-refractivity contribution in [3.8, 4) is 10.7 Å². The molecule has 0 amide bonds. The van der Waals surface area contributed by atoms with Crippen LogP contribution in [-0.4, -0.2) is 19.6 Å². The third-order valence-corrected chi connectivity index (χ3v) is 4.68. The van der Waals surface area contributed by atoms with E-state index >= 15 is 0 Å². The molecule has 0 saturated heterocycles. The molecular formula is C17H12F3N5OS. The van der Waals surface area contributed by atoms with E-state index in [1.54, 1.807) is 0 Å². The zero-order valence-corrected chi connectivity index (χ0v) is 14.4. The molecule has 0 unspecified atom stereocenters. The van der Waals surface area contributed by atoms with Gasteiger partial charge in [0.15, 0.2) is 5.82 Å². The molecule has 4 rings (SSSR count). The Balaban J connectivity index is 1.59. The van der Waals surface area contributed by atoms with Crippen LogP contribution in [0.5, 0.6) is 0 Å². The summed E-state index contributed by atoms with van der Waals surface area (Å²) in [6, 6.07) is 9.88. The van der Waals surface area contributed by atoms with E-state index < -0.39 is 11.7 Å². The second kappa shape index (κ2) is 6.54. The van der Waals surface area contributed by atoms with Crippen LogP contribution in [0, 0.1) is 0 Å². The number of hydrogen-bond donors (Lipinski definition) is 2. The van der Waals surface area contributed by atoms with Gasteiger partial charge in [0.2, 0.25) is 0 Å². The summed E-state index contributed by atoms with van der Waals surface area (Å²) in [5.74, 6) is 0.726. The Morgan fingerprint density at radius 1 is 1.15 bits per heavy atom. The zero-order valence-electron chi connectivity index (χ0n) is 13.6. The van der Waals surface area contributed by atoms with Crippen LogP contribution < -0.4 is 10.9 Å². The van der Waals surface area contributed by atoms with Gasteiger partial charge in [-0.1, -0.05) is 12.1 Å². The van der Waals surface area contributed by atoms with Crippen molar-refractivity contribution >= 4 is 22.8 Å². The first-order chi connectivity index (χ1) is 12.9. The number of nitrogens with zero attached hydrogens (tertiary/aromatic N) is 3. The average Bonchev–Trinajstić information content (AvgIpc) is 3.29. The van der Waals surface area contributed by atoms with E-state index in [2.05, 4.69) is 20.4 Å². The molecule has 0 aliphatic rings. The van der Waals surface area contributed by atoms with Crippen molar-refractivity contribution in [3.63, 3.8) is 0 Å². The Morgan fingerprint density at radius 2 is 2.00 bits per heavy atom. The number of thiophene rings is 1. The number of fused-ring (bicyclic) bond motifs is 1. The molecule has 1 aromatic carbocycles. The Hall–Kier alpha value is -3.14. The molecule has 0 fully saturated rings. The van der Waals surface area contributed by atoms with Crippen LogP contribution in [0.1, 0.15) is 11.3 Å². The van der Waals surface area contributed by atoms with Gasteiger partial charge in [-0.05, 0) is 29.6 Å². The van der Waals surface area contributed by atoms with Gasteiger partial charge >= 0.3 is 6.18 Å². The Labute approximate surface area is 154 Å². The van der Waals surface area contributed by atoms with Crippen molar-refractivity contribution in [2.24, 2.45) is 0 Å². The molecule has 3 aromatic heterocycles. The van der Waals surface area contributed by atoms with Gasteiger partial charge < -0.3 is 5.32 Å². The Kier molecular flexibility index (Phi) is 4.19. The van der Waals surface area contributed by atoms with Gasteiger partial charge in [-0.25, -0.2) is 4.98 Å². The van der Waals surface area contributed by atoms with E-state index in [-0.39, 0.29) is 23.6 Å². The number of aromatic nitrogens is 4. The first-order valence-electron chi connectivity index (χ1n) is 7.84. The number of rotatable bonds is 4. The highest BCUT2D eigenvalue weighted by molar-refractivity contribution is 7.13. The van der Waals surface area contributed by atoms with Crippen molar-refractivity contribution in [1.29, 1.82) is 0 Å². The van der Waals surface area contributed by atoms with Crippen LogP contribution in [0.25, 0.3) is 16.5 Å². The molecule has 10 heteroatoms. The van der Waals surface area contributed by atoms with Crippen LogP contribution in [0.2, 0.25) is 0 Å². The predicted octanol–water partition coefficient (Wildman–Crippen LogP) is 3.78. The summed E-state index contributed by atoms with van der Waals surface area (Å²) in [5.41, 5.74) is -0.435. The summed E-state index contributed by atoms with van der Waals surface area (Å²) in [5, 5.41) is 7.63. The molecule has 0 radical (unpaired) electrons. The SMILES string of the molecule is O=c1cc(CNc2cccc(C(F)(F)F)c2)nc2nc(-c3cccs3)[nH]n12. The fourth-order valence-electron chi connectivity index (χ4n) is 2.54. The number of benzene rings is 1. The van der Waals surface area contributed by atoms with E-state index in [4.69, 9.17) is 0 Å².